The van der Waals surface area contributed by atoms with E-state index >= 15 is 0 Å². The maximum Gasteiger partial charge on any atom is 0.255 e. The van der Waals surface area contributed by atoms with Crippen molar-refractivity contribution in [1.29, 1.82) is 0 Å². The van der Waals surface area contributed by atoms with Gasteiger partial charge in [0.15, 0.2) is 0 Å². The van der Waals surface area contributed by atoms with Gasteiger partial charge in [-0.05, 0) is 51.2 Å². The predicted octanol–water partition coefficient (Wildman–Crippen LogP) is 3.27. The lowest BCUT2D eigenvalue weighted by atomic mass is 10.0. The highest BCUT2D eigenvalue weighted by Crippen LogP contribution is 2.24. The number of benzene rings is 1. The molecule has 1 fully saturated rings. The number of likely N-dealkylation sites (tertiary alicyclic amines) is 1. The third-order valence-electron chi connectivity index (χ3n) is 3.72. The number of piperidine rings is 1. The van der Waals surface area contributed by atoms with E-state index in [-0.39, 0.29) is 5.91 Å². The Hall–Kier alpha value is -0.580. The molecule has 0 spiro atoms. The van der Waals surface area contributed by atoms with Crippen molar-refractivity contribution < 1.29 is 4.79 Å². The summed E-state index contributed by atoms with van der Waals surface area (Å²) in [5.74, 6) is 0.00653. The summed E-state index contributed by atoms with van der Waals surface area (Å²) >= 11 is 9.50. The first kappa shape index (κ1) is 14.8. The summed E-state index contributed by atoms with van der Waals surface area (Å²) in [7, 11) is 3.99. The Balaban J connectivity index is 2.10. The minimum Gasteiger partial charge on any atom is -0.339 e. The molecule has 0 atom stereocenters. The van der Waals surface area contributed by atoms with Gasteiger partial charge in [0.05, 0.1) is 10.6 Å². The van der Waals surface area contributed by atoms with Crippen LogP contribution in [0.15, 0.2) is 22.7 Å². The number of rotatable bonds is 2. The lowest BCUT2D eigenvalue weighted by Crippen LogP contribution is -2.44. The number of carbonyl (C=O) groups excluding carboxylic acids is 1. The van der Waals surface area contributed by atoms with Gasteiger partial charge in [-0.3, -0.25) is 4.79 Å². The van der Waals surface area contributed by atoms with E-state index in [0.29, 0.717) is 16.6 Å². The van der Waals surface area contributed by atoms with Crippen LogP contribution in [-0.2, 0) is 0 Å². The second-order valence-electron chi connectivity index (χ2n) is 5.07. The van der Waals surface area contributed by atoms with Crippen molar-refractivity contribution in [1.82, 2.24) is 9.80 Å². The summed E-state index contributed by atoms with van der Waals surface area (Å²) in [6, 6.07) is 5.70. The van der Waals surface area contributed by atoms with E-state index in [1.165, 1.54) is 0 Å². The van der Waals surface area contributed by atoms with E-state index in [1.54, 1.807) is 12.1 Å². The largest absolute Gasteiger partial charge is 0.339 e. The average molecular weight is 346 g/mol. The molecule has 0 radical (unpaired) electrons. The summed E-state index contributed by atoms with van der Waals surface area (Å²) in [6.07, 6.45) is 2.04. The van der Waals surface area contributed by atoms with E-state index in [9.17, 15) is 4.79 Å². The van der Waals surface area contributed by atoms with Crippen LogP contribution in [0, 0.1) is 0 Å². The fraction of sp³-hybridized carbons (Fsp3) is 0.500. The predicted molar refractivity (Wildman–Crippen MR) is 81.8 cm³/mol. The van der Waals surface area contributed by atoms with Gasteiger partial charge in [0.25, 0.3) is 5.91 Å². The molecule has 104 valence electrons. The highest BCUT2D eigenvalue weighted by molar-refractivity contribution is 9.10. The highest BCUT2D eigenvalue weighted by atomic mass is 79.9. The van der Waals surface area contributed by atoms with E-state index in [4.69, 9.17) is 11.6 Å². The van der Waals surface area contributed by atoms with Crippen molar-refractivity contribution in [2.45, 2.75) is 18.9 Å². The summed E-state index contributed by atoms with van der Waals surface area (Å²) in [5, 5.41) is 0.499. The van der Waals surface area contributed by atoms with Crippen molar-refractivity contribution in [3.63, 3.8) is 0 Å². The van der Waals surface area contributed by atoms with Gasteiger partial charge in [-0.2, -0.15) is 0 Å². The van der Waals surface area contributed by atoms with Crippen LogP contribution in [0.5, 0.6) is 0 Å². The molecule has 1 aromatic rings. The Morgan fingerprint density at radius 1 is 1.42 bits per heavy atom. The normalized spacial score (nSPS) is 17.5. The van der Waals surface area contributed by atoms with Gasteiger partial charge in [0, 0.05) is 17.6 Å². The molecule has 1 aliphatic heterocycles. The lowest BCUT2D eigenvalue weighted by Gasteiger charge is -2.35. The quantitative estimate of drug-likeness (QED) is 0.821. The number of carbonyl (C=O) groups is 1. The summed E-state index contributed by atoms with van der Waals surface area (Å²) in [6.45, 7) is 2.08. The SMILES string of the molecule is CN1CCC(N(C)C(=O)c2ccc(Br)cc2Cl)CC1. The first-order valence-corrected chi connectivity index (χ1v) is 7.57. The molecule has 0 aliphatic carbocycles. The average Bonchev–Trinajstić information content (AvgIpc) is 2.38. The molecule has 19 heavy (non-hydrogen) atoms. The maximum absolute atomic E-state index is 12.5. The first-order valence-electron chi connectivity index (χ1n) is 6.40. The Bertz CT molecular complexity index is 473. The Morgan fingerprint density at radius 3 is 2.63 bits per heavy atom. The molecule has 0 saturated carbocycles. The monoisotopic (exact) mass is 344 g/mol. The third-order valence-corrected chi connectivity index (χ3v) is 4.52. The van der Waals surface area contributed by atoms with E-state index < -0.39 is 0 Å². The Kier molecular flexibility index (Phi) is 4.87. The van der Waals surface area contributed by atoms with Crippen molar-refractivity contribution >= 4 is 33.4 Å². The first-order chi connectivity index (χ1) is 8.99. The number of amides is 1. The minimum absolute atomic E-state index is 0.00653. The van der Waals surface area contributed by atoms with Crippen LogP contribution >= 0.6 is 27.5 Å². The molecule has 3 nitrogen and oxygen atoms in total. The molecule has 0 unspecified atom stereocenters. The zero-order valence-electron chi connectivity index (χ0n) is 11.2. The lowest BCUT2D eigenvalue weighted by molar-refractivity contribution is 0.0660. The maximum atomic E-state index is 12.5. The van der Waals surface area contributed by atoms with Gasteiger partial charge in [0.1, 0.15) is 0 Å². The van der Waals surface area contributed by atoms with Crippen molar-refractivity contribution in [2.75, 3.05) is 27.2 Å². The molecular weight excluding hydrogens is 328 g/mol. The van der Waals surface area contributed by atoms with Gasteiger partial charge >= 0.3 is 0 Å². The molecule has 1 saturated heterocycles. The topological polar surface area (TPSA) is 23.6 Å². The number of hydrogen-bond donors (Lipinski definition) is 0. The number of hydrogen-bond acceptors (Lipinski definition) is 2. The molecular formula is C14H18BrClN2O. The van der Waals surface area contributed by atoms with Crippen LogP contribution in [0.25, 0.3) is 0 Å². The summed E-state index contributed by atoms with van der Waals surface area (Å²) in [5.41, 5.74) is 0.575. The van der Waals surface area contributed by atoms with E-state index in [0.717, 1.165) is 30.4 Å². The third kappa shape index (κ3) is 3.50. The summed E-state index contributed by atoms with van der Waals surface area (Å²) < 4.78 is 0.885. The van der Waals surface area contributed by atoms with Crippen molar-refractivity contribution in [2.24, 2.45) is 0 Å². The molecule has 2 rings (SSSR count). The van der Waals surface area contributed by atoms with Crippen LogP contribution in [0.4, 0.5) is 0 Å². The number of halogens is 2. The van der Waals surface area contributed by atoms with Crippen LogP contribution in [-0.4, -0.2) is 48.9 Å². The zero-order valence-corrected chi connectivity index (χ0v) is 13.5. The molecule has 0 N–H and O–H groups in total. The molecule has 1 aliphatic rings. The molecule has 1 amide bonds. The molecule has 5 heteroatoms. The minimum atomic E-state index is 0.00653. The molecule has 1 heterocycles. The van der Waals surface area contributed by atoms with E-state index in [1.807, 2.05) is 18.0 Å². The van der Waals surface area contributed by atoms with Crippen LogP contribution in [0.1, 0.15) is 23.2 Å². The summed E-state index contributed by atoms with van der Waals surface area (Å²) in [4.78, 5) is 16.6. The second kappa shape index (κ2) is 6.25. The molecule has 1 aromatic carbocycles. The Labute approximate surface area is 127 Å². The van der Waals surface area contributed by atoms with Gasteiger partial charge in [-0.15, -0.1) is 0 Å². The van der Waals surface area contributed by atoms with Crippen molar-refractivity contribution in [3.05, 3.63) is 33.3 Å². The standard InChI is InChI=1S/C14H18BrClN2O/c1-17-7-5-11(6-8-17)18(2)14(19)12-4-3-10(15)9-13(12)16/h3-4,9,11H,5-8H2,1-2H3. The fourth-order valence-electron chi connectivity index (χ4n) is 2.40. The van der Waals surface area contributed by atoms with E-state index in [2.05, 4.69) is 27.9 Å². The zero-order chi connectivity index (χ0) is 14.0. The second-order valence-corrected chi connectivity index (χ2v) is 6.40. The number of nitrogens with zero attached hydrogens (tertiary/aromatic N) is 2. The Morgan fingerprint density at radius 2 is 2.05 bits per heavy atom. The fourth-order valence-corrected chi connectivity index (χ4v) is 3.16. The van der Waals surface area contributed by atoms with Gasteiger partial charge in [-0.25, -0.2) is 0 Å². The van der Waals surface area contributed by atoms with Crippen LogP contribution in [0.2, 0.25) is 5.02 Å². The van der Waals surface area contributed by atoms with Crippen LogP contribution in [0.3, 0.4) is 0 Å². The highest BCUT2D eigenvalue weighted by Gasteiger charge is 2.25. The smallest absolute Gasteiger partial charge is 0.255 e. The van der Waals surface area contributed by atoms with Gasteiger partial charge < -0.3 is 9.80 Å². The van der Waals surface area contributed by atoms with Gasteiger partial charge in [0.2, 0.25) is 0 Å². The van der Waals surface area contributed by atoms with Gasteiger partial charge in [-0.1, -0.05) is 27.5 Å². The molecule has 0 bridgehead atoms. The van der Waals surface area contributed by atoms with Crippen molar-refractivity contribution in [3.8, 4) is 0 Å². The molecule has 0 aromatic heterocycles. The van der Waals surface area contributed by atoms with Crippen LogP contribution < -0.4 is 0 Å².